The van der Waals surface area contributed by atoms with E-state index in [2.05, 4.69) is 30.9 Å². The molecule has 0 radical (unpaired) electrons. The first-order valence-electron chi connectivity index (χ1n) is 6.81. The Morgan fingerprint density at radius 3 is 2.75 bits per heavy atom. The molecule has 1 aliphatic heterocycles. The molecule has 0 amide bonds. The Bertz CT molecular complexity index is 426. The molecule has 0 saturated carbocycles. The van der Waals surface area contributed by atoms with E-state index in [0.717, 1.165) is 36.2 Å². The summed E-state index contributed by atoms with van der Waals surface area (Å²) in [5.41, 5.74) is 0.737. The fraction of sp³-hybridized carbons (Fsp3) is 0.571. The van der Waals surface area contributed by atoms with Gasteiger partial charge in [0.1, 0.15) is 5.75 Å². The van der Waals surface area contributed by atoms with Gasteiger partial charge >= 0.3 is 6.61 Å². The Morgan fingerprint density at radius 1 is 1.30 bits per heavy atom. The summed E-state index contributed by atoms with van der Waals surface area (Å²) in [6.45, 7) is 1.91. The van der Waals surface area contributed by atoms with E-state index >= 15 is 0 Å². The lowest BCUT2D eigenvalue weighted by molar-refractivity contribution is -0.0505. The largest absolute Gasteiger partial charge is 0.434 e. The Hall–Kier alpha value is -0.720. The predicted molar refractivity (Wildman–Crippen MR) is 78.2 cm³/mol. The maximum absolute atomic E-state index is 12.3. The molecule has 3 nitrogen and oxygen atoms in total. The molecule has 6 heteroatoms. The molecule has 1 aromatic carbocycles. The summed E-state index contributed by atoms with van der Waals surface area (Å²) in [7, 11) is 0. The van der Waals surface area contributed by atoms with Crippen molar-refractivity contribution in [3.8, 4) is 5.75 Å². The molecule has 1 fully saturated rings. The monoisotopic (exact) mass is 348 g/mol. The van der Waals surface area contributed by atoms with E-state index in [1.165, 1.54) is 12.8 Å². The number of hydrogen-bond acceptors (Lipinski definition) is 3. The maximum Gasteiger partial charge on any atom is 0.387 e. The van der Waals surface area contributed by atoms with Crippen LogP contribution in [0.25, 0.3) is 0 Å². The number of likely N-dealkylation sites (tertiary alicyclic amines) is 1. The van der Waals surface area contributed by atoms with Crippen molar-refractivity contribution in [2.24, 2.45) is 0 Å². The van der Waals surface area contributed by atoms with Crippen LogP contribution in [0.4, 0.5) is 8.78 Å². The number of halogens is 3. The van der Waals surface area contributed by atoms with Crippen molar-refractivity contribution in [3.63, 3.8) is 0 Å². The van der Waals surface area contributed by atoms with Crippen LogP contribution in [0.3, 0.4) is 0 Å². The number of alkyl halides is 2. The molecule has 1 heterocycles. The van der Waals surface area contributed by atoms with Gasteiger partial charge < -0.3 is 15.0 Å². The second-order valence-electron chi connectivity index (χ2n) is 4.86. The lowest BCUT2D eigenvalue weighted by Gasteiger charge is -2.16. The summed E-state index contributed by atoms with van der Waals surface area (Å²) >= 11 is 3.35. The zero-order valence-corrected chi connectivity index (χ0v) is 12.8. The van der Waals surface area contributed by atoms with E-state index in [1.807, 2.05) is 0 Å². The minimum absolute atomic E-state index is 0.233. The Labute approximate surface area is 126 Å². The average molecular weight is 349 g/mol. The number of nitrogens with zero attached hydrogens (tertiary/aromatic N) is 1. The lowest BCUT2D eigenvalue weighted by Crippen LogP contribution is -2.29. The maximum atomic E-state index is 12.3. The number of hydrogen-bond donors (Lipinski definition) is 1. The third-order valence-corrected chi connectivity index (χ3v) is 3.85. The fourth-order valence-electron chi connectivity index (χ4n) is 2.36. The van der Waals surface area contributed by atoms with Crippen LogP contribution < -0.4 is 10.1 Å². The van der Waals surface area contributed by atoms with Gasteiger partial charge in [-0.25, -0.2) is 0 Å². The van der Waals surface area contributed by atoms with Crippen molar-refractivity contribution in [2.45, 2.75) is 26.0 Å². The minimum Gasteiger partial charge on any atom is -0.434 e. The number of benzene rings is 1. The third-order valence-electron chi connectivity index (χ3n) is 3.36. The van der Waals surface area contributed by atoms with Crippen LogP contribution in [0, 0.1) is 0 Å². The molecule has 1 aromatic rings. The molecule has 20 heavy (non-hydrogen) atoms. The smallest absolute Gasteiger partial charge is 0.387 e. The first-order chi connectivity index (χ1) is 9.65. The van der Waals surface area contributed by atoms with Crippen LogP contribution in [-0.2, 0) is 6.54 Å². The molecule has 1 aliphatic rings. The molecule has 2 rings (SSSR count). The fourth-order valence-corrected chi connectivity index (χ4v) is 2.77. The number of rotatable bonds is 7. The highest BCUT2D eigenvalue weighted by Crippen LogP contribution is 2.24. The molecule has 1 saturated heterocycles. The first kappa shape index (κ1) is 15.7. The summed E-state index contributed by atoms with van der Waals surface area (Å²) in [4.78, 5) is 2.41. The Balaban J connectivity index is 1.82. The predicted octanol–water partition coefficient (Wildman–Crippen LogP) is 3.24. The van der Waals surface area contributed by atoms with E-state index < -0.39 is 6.61 Å². The molecule has 0 aromatic heterocycles. The van der Waals surface area contributed by atoms with Crippen molar-refractivity contribution in [2.75, 3.05) is 26.2 Å². The van der Waals surface area contributed by atoms with Gasteiger partial charge in [0.05, 0.1) is 0 Å². The van der Waals surface area contributed by atoms with E-state index in [1.54, 1.807) is 18.2 Å². The van der Waals surface area contributed by atoms with Gasteiger partial charge in [-0.3, -0.25) is 0 Å². The van der Waals surface area contributed by atoms with Gasteiger partial charge in [0, 0.05) is 29.7 Å². The van der Waals surface area contributed by atoms with Crippen LogP contribution in [0.15, 0.2) is 22.7 Å². The molecular weight excluding hydrogens is 330 g/mol. The van der Waals surface area contributed by atoms with Gasteiger partial charge in [-0.2, -0.15) is 8.78 Å². The standard InChI is InChI=1S/C14H19BrF2N2O/c15-12-3-4-13(20-14(16)17)11(9-12)10-18-5-8-19-6-1-2-7-19/h3-4,9,14,18H,1-2,5-8,10H2. The van der Waals surface area contributed by atoms with Gasteiger partial charge in [-0.15, -0.1) is 0 Å². The molecular formula is C14H19BrF2N2O. The SMILES string of the molecule is FC(F)Oc1ccc(Br)cc1CNCCN1CCCC1. The van der Waals surface area contributed by atoms with Crippen LogP contribution in [0.5, 0.6) is 5.75 Å². The summed E-state index contributed by atoms with van der Waals surface area (Å²) in [5, 5.41) is 3.28. The van der Waals surface area contributed by atoms with Crippen LogP contribution in [-0.4, -0.2) is 37.7 Å². The van der Waals surface area contributed by atoms with E-state index in [4.69, 9.17) is 0 Å². The summed E-state index contributed by atoms with van der Waals surface area (Å²) in [6, 6.07) is 5.07. The molecule has 1 N–H and O–H groups in total. The Morgan fingerprint density at radius 2 is 2.05 bits per heavy atom. The zero-order chi connectivity index (χ0) is 14.4. The van der Waals surface area contributed by atoms with Crippen molar-refractivity contribution in [1.82, 2.24) is 10.2 Å². The normalized spacial score (nSPS) is 16.0. The zero-order valence-electron chi connectivity index (χ0n) is 11.2. The van der Waals surface area contributed by atoms with Crippen molar-refractivity contribution in [1.29, 1.82) is 0 Å². The topological polar surface area (TPSA) is 24.5 Å². The highest BCUT2D eigenvalue weighted by molar-refractivity contribution is 9.10. The minimum atomic E-state index is -2.79. The van der Waals surface area contributed by atoms with Crippen LogP contribution >= 0.6 is 15.9 Å². The Kier molecular flexibility index (Phi) is 6.19. The second kappa shape index (κ2) is 7.90. The van der Waals surface area contributed by atoms with E-state index in [0.29, 0.717) is 6.54 Å². The quantitative estimate of drug-likeness (QED) is 0.765. The summed E-state index contributed by atoms with van der Waals surface area (Å²) < 4.78 is 30.0. The third kappa shape index (κ3) is 5.00. The van der Waals surface area contributed by atoms with Gasteiger partial charge in [-0.05, 0) is 44.1 Å². The first-order valence-corrected chi connectivity index (χ1v) is 7.61. The highest BCUT2D eigenvalue weighted by Gasteiger charge is 2.12. The van der Waals surface area contributed by atoms with Crippen LogP contribution in [0.1, 0.15) is 18.4 Å². The highest BCUT2D eigenvalue weighted by atomic mass is 79.9. The summed E-state index contributed by atoms with van der Waals surface area (Å²) in [6.07, 6.45) is 2.55. The van der Waals surface area contributed by atoms with E-state index in [-0.39, 0.29) is 5.75 Å². The van der Waals surface area contributed by atoms with E-state index in [9.17, 15) is 8.78 Å². The molecule has 0 atom stereocenters. The number of ether oxygens (including phenoxy) is 1. The van der Waals surface area contributed by atoms with Crippen molar-refractivity contribution >= 4 is 15.9 Å². The second-order valence-corrected chi connectivity index (χ2v) is 5.77. The lowest BCUT2D eigenvalue weighted by atomic mass is 10.2. The van der Waals surface area contributed by atoms with Gasteiger partial charge in [0.2, 0.25) is 0 Å². The van der Waals surface area contributed by atoms with Crippen LogP contribution in [0.2, 0.25) is 0 Å². The molecule has 0 spiro atoms. The average Bonchev–Trinajstić information content (AvgIpc) is 2.90. The van der Waals surface area contributed by atoms with Crippen molar-refractivity contribution in [3.05, 3.63) is 28.2 Å². The number of nitrogens with one attached hydrogen (secondary N) is 1. The molecule has 0 aliphatic carbocycles. The molecule has 0 unspecified atom stereocenters. The van der Waals surface area contributed by atoms with Gasteiger partial charge in [-0.1, -0.05) is 15.9 Å². The molecule has 112 valence electrons. The molecule has 0 bridgehead atoms. The van der Waals surface area contributed by atoms with Crippen molar-refractivity contribution < 1.29 is 13.5 Å². The van der Waals surface area contributed by atoms with Gasteiger partial charge in [0.25, 0.3) is 0 Å². The summed E-state index contributed by atoms with van der Waals surface area (Å²) in [5.74, 6) is 0.233. The van der Waals surface area contributed by atoms with Gasteiger partial charge in [0.15, 0.2) is 0 Å².